The van der Waals surface area contributed by atoms with Crippen molar-refractivity contribution < 1.29 is 21.2 Å². The maximum absolute atomic E-state index is 11.5. The topological polar surface area (TPSA) is 25.3 Å². The molecule has 4 aromatic rings. The average Bonchev–Trinajstić information content (AvgIpc) is 3.42. The summed E-state index contributed by atoms with van der Waals surface area (Å²) in [5.41, 5.74) is 24.4. The molecule has 48 heavy (non-hydrogen) atoms. The van der Waals surface area contributed by atoms with Crippen LogP contribution < -0.4 is 0 Å². The summed E-state index contributed by atoms with van der Waals surface area (Å²) in [5, 5.41) is 0. The zero-order chi connectivity index (χ0) is 34.0. The molecule has 0 N–H and O–H groups in total. The maximum Gasteiger partial charge on any atom is 2.00 e. The van der Waals surface area contributed by atoms with Gasteiger partial charge >= 0.3 is 16.5 Å². The van der Waals surface area contributed by atoms with Crippen LogP contribution in [0.3, 0.4) is 0 Å². The maximum atomic E-state index is 11.5. The molecule has 3 heteroatoms. The molecule has 0 atom stereocenters. The number of hydrogen-bond acceptors (Lipinski definition) is 0. The third-order valence-electron chi connectivity index (χ3n) is 8.25. The monoisotopic (exact) mass is 680 g/mol. The number of aryl methyl sites for hydroxylation is 6. The molecule has 0 aromatic heterocycles. The van der Waals surface area contributed by atoms with Gasteiger partial charge in [-0.1, -0.05) is 78.7 Å². The van der Waals surface area contributed by atoms with E-state index in [1.807, 2.05) is 55.5 Å². The van der Waals surface area contributed by atoms with Gasteiger partial charge in [0.25, 0.3) is 0 Å². The van der Waals surface area contributed by atoms with E-state index in [1.165, 1.54) is 63.8 Å². The summed E-state index contributed by atoms with van der Waals surface area (Å²) in [6, 6.07) is 35.3. The zero-order valence-corrected chi connectivity index (χ0v) is 31.2. The van der Waals surface area contributed by atoms with Crippen molar-refractivity contribution in [1.82, 2.24) is 0 Å². The molecule has 1 aliphatic heterocycles. The van der Waals surface area contributed by atoms with Gasteiger partial charge in [-0.15, -0.1) is 0 Å². The zero-order valence-electron chi connectivity index (χ0n) is 30.2. The van der Waals surface area contributed by atoms with Crippen LogP contribution in [0.1, 0.15) is 105 Å². The molecule has 0 radical (unpaired) electrons. The van der Waals surface area contributed by atoms with Gasteiger partial charge in [0.1, 0.15) is 0 Å². The fourth-order valence-electron chi connectivity index (χ4n) is 5.53. The van der Waals surface area contributed by atoms with Crippen LogP contribution in [0.2, 0.25) is 0 Å². The number of rotatable bonds is 11. The number of hydrogen-bond donors (Lipinski definition) is 0. The number of nitrogens with zero attached hydrogens (tertiary/aromatic N) is 2. The van der Waals surface area contributed by atoms with E-state index in [2.05, 4.69) is 108 Å². The standard InChI is InChI=1S/C31H40N2.2C7H7.Ni/c1-6-11-14-25-16-23(9-4)18-28(20-25)30-22-27(13-8-3)31(33(30)32)29-19-24(10-5)17-26(21-29)15-12-7-2;2*1-7-5-3-2-4-6-7;/h8,13,16-22H,6-7,9-12,14-15H2,1-5H3;2*3-6H,1H3;/q;2*-1;+2. The van der Waals surface area contributed by atoms with Gasteiger partial charge in [0, 0.05) is 17.2 Å². The largest absolute Gasteiger partial charge is 2.00 e. The van der Waals surface area contributed by atoms with Gasteiger partial charge in [-0.3, -0.25) is 0 Å². The van der Waals surface area contributed by atoms with Crippen molar-refractivity contribution in [3.63, 3.8) is 0 Å². The number of unbranched alkanes of at least 4 members (excludes halogenated alkanes) is 2. The van der Waals surface area contributed by atoms with Crippen molar-refractivity contribution in [2.24, 2.45) is 0 Å². The Morgan fingerprint density at radius 3 is 1.48 bits per heavy atom. The SMILES string of the molecule is CC=CC1=C(c2cc(CC)cc(CCCC)c2)[N+](=[N-])C(c2cc(CC)cc(CCCC)c2)=C1.Cc1cc[c-]cc1.Cc1cc[c-]cc1.[Ni+2]. The first-order valence-electron chi connectivity index (χ1n) is 17.5. The first-order chi connectivity index (χ1) is 22.8. The first-order valence-corrected chi connectivity index (χ1v) is 17.5. The van der Waals surface area contributed by atoms with E-state index in [0.29, 0.717) is 0 Å². The molecule has 0 amide bonds. The Labute approximate surface area is 302 Å². The van der Waals surface area contributed by atoms with Crippen molar-refractivity contribution in [2.45, 2.75) is 99.8 Å². The van der Waals surface area contributed by atoms with E-state index in [4.69, 9.17) is 0 Å². The normalized spacial score (nSPS) is 12.1. The van der Waals surface area contributed by atoms with Crippen LogP contribution in [0, 0.1) is 26.0 Å². The molecule has 4 aromatic carbocycles. The molecule has 2 nitrogen and oxygen atoms in total. The molecule has 0 saturated carbocycles. The Kier molecular flexibility index (Phi) is 18.5. The van der Waals surface area contributed by atoms with E-state index in [9.17, 15) is 5.53 Å². The van der Waals surface area contributed by atoms with Crippen LogP contribution in [-0.2, 0) is 42.2 Å². The summed E-state index contributed by atoms with van der Waals surface area (Å²) in [6.45, 7) is 15.0. The molecule has 254 valence electrons. The summed E-state index contributed by atoms with van der Waals surface area (Å²) < 4.78 is 1.42. The van der Waals surface area contributed by atoms with Crippen molar-refractivity contribution in [3.8, 4) is 0 Å². The van der Waals surface area contributed by atoms with E-state index < -0.39 is 0 Å². The summed E-state index contributed by atoms with van der Waals surface area (Å²) in [5.74, 6) is 0. The summed E-state index contributed by atoms with van der Waals surface area (Å²) in [7, 11) is 0. The molecule has 0 saturated heterocycles. The van der Waals surface area contributed by atoms with Crippen LogP contribution in [0.5, 0.6) is 0 Å². The van der Waals surface area contributed by atoms with Crippen molar-refractivity contribution >= 4 is 11.4 Å². The van der Waals surface area contributed by atoms with Crippen LogP contribution in [-0.4, -0.2) is 4.70 Å². The fourth-order valence-corrected chi connectivity index (χ4v) is 5.53. The quantitative estimate of drug-likeness (QED) is 0.0855. The fraction of sp³-hybridized carbons (Fsp3) is 0.333. The van der Waals surface area contributed by atoms with Gasteiger partial charge in [-0.25, -0.2) is 4.70 Å². The number of benzene rings is 4. The Balaban J connectivity index is 0.000000437. The Morgan fingerprint density at radius 2 is 1.08 bits per heavy atom. The molecule has 0 fully saturated rings. The van der Waals surface area contributed by atoms with Gasteiger partial charge in [0.05, 0.1) is 5.57 Å². The second kappa shape index (κ2) is 21.9. The molecule has 0 unspecified atom stereocenters. The predicted molar refractivity (Wildman–Crippen MR) is 202 cm³/mol. The smallest absolute Gasteiger partial charge is 0.493 e. The summed E-state index contributed by atoms with van der Waals surface area (Å²) in [4.78, 5) is 0. The molecule has 0 spiro atoms. The Bertz CT molecular complexity index is 1610. The van der Waals surface area contributed by atoms with E-state index in [0.717, 1.165) is 53.8 Å². The minimum atomic E-state index is 0. The van der Waals surface area contributed by atoms with Gasteiger partial charge in [0.2, 0.25) is 11.4 Å². The average molecular weight is 682 g/mol. The first kappa shape index (κ1) is 40.4. The molecular formula is C45H54N2Ni. The van der Waals surface area contributed by atoms with Gasteiger partial charge in [-0.2, -0.15) is 71.8 Å². The third-order valence-corrected chi connectivity index (χ3v) is 8.25. The molecule has 5 rings (SSSR count). The molecule has 0 aliphatic carbocycles. The van der Waals surface area contributed by atoms with Crippen LogP contribution in [0.4, 0.5) is 0 Å². The third kappa shape index (κ3) is 12.7. The summed E-state index contributed by atoms with van der Waals surface area (Å²) in [6.07, 6.45) is 15.2. The van der Waals surface area contributed by atoms with Crippen LogP contribution in [0.25, 0.3) is 16.9 Å². The molecular weight excluding hydrogens is 627 g/mol. The minimum Gasteiger partial charge on any atom is -0.493 e. The summed E-state index contributed by atoms with van der Waals surface area (Å²) >= 11 is 0. The van der Waals surface area contributed by atoms with Crippen molar-refractivity contribution in [2.75, 3.05) is 0 Å². The van der Waals surface area contributed by atoms with Gasteiger partial charge in [0.15, 0.2) is 0 Å². The second-order valence-electron chi connectivity index (χ2n) is 12.3. The predicted octanol–water partition coefficient (Wildman–Crippen LogP) is 12.5. The van der Waals surface area contributed by atoms with Gasteiger partial charge < -0.3 is 5.53 Å². The molecule has 1 heterocycles. The van der Waals surface area contributed by atoms with Crippen LogP contribution in [0.15, 0.2) is 109 Å². The van der Waals surface area contributed by atoms with Crippen molar-refractivity contribution in [3.05, 3.63) is 171 Å². The van der Waals surface area contributed by atoms with Crippen LogP contribution >= 0.6 is 0 Å². The second-order valence-corrected chi connectivity index (χ2v) is 12.3. The van der Waals surface area contributed by atoms with E-state index in [1.54, 1.807) is 0 Å². The Morgan fingerprint density at radius 1 is 0.646 bits per heavy atom. The minimum absolute atomic E-state index is 0. The molecule has 0 bridgehead atoms. The number of allylic oxidation sites excluding steroid dienone is 4. The molecule has 1 aliphatic rings. The van der Waals surface area contributed by atoms with E-state index in [-0.39, 0.29) is 16.5 Å². The van der Waals surface area contributed by atoms with Gasteiger partial charge in [-0.05, 0) is 92.0 Å². The van der Waals surface area contributed by atoms with Crippen molar-refractivity contribution in [1.29, 1.82) is 0 Å². The Hall–Kier alpha value is -3.81. The van der Waals surface area contributed by atoms with E-state index >= 15 is 0 Å².